The van der Waals surface area contributed by atoms with Gasteiger partial charge in [-0.15, -0.1) is 11.3 Å². The van der Waals surface area contributed by atoms with Gasteiger partial charge in [0.15, 0.2) is 5.96 Å². The van der Waals surface area contributed by atoms with E-state index >= 15 is 0 Å². The quantitative estimate of drug-likeness (QED) is 0.527. The van der Waals surface area contributed by atoms with Crippen LogP contribution in [0.15, 0.2) is 46.8 Å². The number of benzene rings is 1. The third kappa shape index (κ3) is 6.52. The third-order valence-electron chi connectivity index (χ3n) is 5.13. The number of halogens is 1. The van der Waals surface area contributed by atoms with Crippen molar-refractivity contribution in [3.63, 3.8) is 0 Å². The van der Waals surface area contributed by atoms with Crippen molar-refractivity contribution in [1.82, 2.24) is 15.1 Å². The van der Waals surface area contributed by atoms with E-state index in [-0.39, 0.29) is 11.9 Å². The molecule has 3 rings (SSSR count). The van der Waals surface area contributed by atoms with Crippen LogP contribution in [-0.2, 0) is 11.2 Å². The van der Waals surface area contributed by atoms with Crippen molar-refractivity contribution in [2.45, 2.75) is 19.4 Å². The minimum atomic E-state index is -0.209. The average molecular weight is 419 g/mol. The van der Waals surface area contributed by atoms with Crippen LogP contribution in [-0.4, -0.2) is 68.7 Å². The topological polar surface area (TPSA) is 40.1 Å². The molecule has 1 aromatic carbocycles. The number of aliphatic imine (C=N–C) groups is 1. The molecule has 1 aliphatic rings. The van der Waals surface area contributed by atoms with Gasteiger partial charge >= 0.3 is 0 Å². The maximum Gasteiger partial charge on any atom is 0.193 e. The molecule has 0 saturated carbocycles. The van der Waals surface area contributed by atoms with E-state index in [0.29, 0.717) is 6.54 Å². The van der Waals surface area contributed by atoms with Gasteiger partial charge in [-0.3, -0.25) is 9.89 Å². The van der Waals surface area contributed by atoms with Gasteiger partial charge in [-0.1, -0.05) is 18.2 Å². The van der Waals surface area contributed by atoms with Crippen LogP contribution in [0.2, 0.25) is 0 Å². The molecule has 0 amide bonds. The Morgan fingerprint density at radius 3 is 2.69 bits per heavy atom. The van der Waals surface area contributed by atoms with Crippen molar-refractivity contribution in [3.05, 3.63) is 58.0 Å². The Morgan fingerprint density at radius 2 is 2.03 bits per heavy atom. The van der Waals surface area contributed by atoms with Gasteiger partial charge in [-0.05, 0) is 42.5 Å². The number of hydrogen-bond acceptors (Lipinski definition) is 4. The molecule has 1 fully saturated rings. The fourth-order valence-corrected chi connectivity index (χ4v) is 4.19. The van der Waals surface area contributed by atoms with Crippen LogP contribution >= 0.6 is 11.3 Å². The van der Waals surface area contributed by atoms with E-state index in [9.17, 15) is 4.39 Å². The van der Waals surface area contributed by atoms with E-state index in [0.717, 1.165) is 57.3 Å². The summed E-state index contributed by atoms with van der Waals surface area (Å²) in [6, 6.07) is 11.2. The Kier molecular flexibility index (Phi) is 8.46. The van der Waals surface area contributed by atoms with Crippen molar-refractivity contribution in [2.75, 3.05) is 53.0 Å². The summed E-state index contributed by atoms with van der Waals surface area (Å²) in [5, 5.41) is 5.52. The Morgan fingerprint density at radius 1 is 1.28 bits per heavy atom. The molecule has 1 aliphatic heterocycles. The highest BCUT2D eigenvalue weighted by atomic mass is 32.1. The van der Waals surface area contributed by atoms with E-state index in [4.69, 9.17) is 9.73 Å². The lowest BCUT2D eigenvalue weighted by atomic mass is 10.0. The van der Waals surface area contributed by atoms with Gasteiger partial charge in [0.1, 0.15) is 5.82 Å². The van der Waals surface area contributed by atoms with Crippen LogP contribution in [0.4, 0.5) is 4.39 Å². The van der Waals surface area contributed by atoms with Gasteiger partial charge in [0.05, 0.1) is 25.8 Å². The number of hydrogen-bond donors (Lipinski definition) is 1. The van der Waals surface area contributed by atoms with Gasteiger partial charge in [0.2, 0.25) is 0 Å². The van der Waals surface area contributed by atoms with Gasteiger partial charge in [-0.25, -0.2) is 4.39 Å². The maximum absolute atomic E-state index is 13.4. The van der Waals surface area contributed by atoms with Crippen molar-refractivity contribution >= 4 is 17.3 Å². The van der Waals surface area contributed by atoms with Crippen molar-refractivity contribution in [2.24, 2.45) is 4.99 Å². The molecule has 1 aromatic heterocycles. The summed E-state index contributed by atoms with van der Waals surface area (Å²) in [5.74, 6) is 0.698. The zero-order valence-corrected chi connectivity index (χ0v) is 18.1. The molecule has 5 nitrogen and oxygen atoms in total. The van der Waals surface area contributed by atoms with Crippen LogP contribution in [0.25, 0.3) is 0 Å². The smallest absolute Gasteiger partial charge is 0.193 e. The van der Waals surface area contributed by atoms with Crippen molar-refractivity contribution in [3.8, 4) is 0 Å². The summed E-state index contributed by atoms with van der Waals surface area (Å²) in [6.07, 6.45) is 1.00. The molecule has 0 aliphatic carbocycles. The number of thiophene rings is 1. The number of likely N-dealkylation sites (N-methyl/N-ethyl adjacent to an activating group) is 1. The Bertz CT molecular complexity index is 745. The molecule has 29 heavy (non-hydrogen) atoms. The summed E-state index contributed by atoms with van der Waals surface area (Å²) in [5.41, 5.74) is 1.09. The standard InChI is InChI=1S/C22H31FN4OS/c1-3-24-22(26(2)11-10-20-5-4-16-29-20)25-17-21(27-12-14-28-15-13-27)18-6-8-19(23)9-7-18/h4-9,16,21H,3,10-15,17H2,1-2H3,(H,24,25). The summed E-state index contributed by atoms with van der Waals surface area (Å²) < 4.78 is 19.0. The van der Waals surface area contributed by atoms with E-state index in [1.54, 1.807) is 11.3 Å². The summed E-state index contributed by atoms with van der Waals surface area (Å²) in [4.78, 5) is 10.9. The molecule has 1 atom stereocenters. The predicted molar refractivity (Wildman–Crippen MR) is 118 cm³/mol. The van der Waals surface area contributed by atoms with Gasteiger partial charge < -0.3 is 15.0 Å². The largest absolute Gasteiger partial charge is 0.379 e. The lowest BCUT2D eigenvalue weighted by Crippen LogP contribution is -2.42. The fourth-order valence-electron chi connectivity index (χ4n) is 3.49. The highest BCUT2D eigenvalue weighted by Crippen LogP contribution is 2.23. The molecule has 2 aromatic rings. The van der Waals surface area contributed by atoms with Crippen LogP contribution in [0.3, 0.4) is 0 Å². The molecular weight excluding hydrogens is 387 g/mol. The minimum absolute atomic E-state index is 0.110. The molecular formula is C22H31FN4OS. The van der Waals surface area contributed by atoms with Gasteiger partial charge in [-0.2, -0.15) is 0 Å². The molecule has 2 heterocycles. The second-order valence-corrected chi connectivity index (χ2v) is 8.19. The zero-order chi connectivity index (χ0) is 20.5. The van der Waals surface area contributed by atoms with E-state index < -0.39 is 0 Å². The highest BCUT2D eigenvalue weighted by Gasteiger charge is 2.23. The van der Waals surface area contributed by atoms with E-state index in [1.165, 1.54) is 17.0 Å². The van der Waals surface area contributed by atoms with Crippen molar-refractivity contribution < 1.29 is 9.13 Å². The predicted octanol–water partition coefficient (Wildman–Crippen LogP) is 3.40. The lowest BCUT2D eigenvalue weighted by Gasteiger charge is -2.34. The fraction of sp³-hybridized carbons (Fsp3) is 0.500. The Balaban J connectivity index is 1.71. The molecule has 0 radical (unpaired) electrons. The Labute approximate surface area is 177 Å². The first kappa shape index (κ1) is 21.7. The molecule has 158 valence electrons. The first-order valence-electron chi connectivity index (χ1n) is 10.3. The molecule has 1 unspecified atom stereocenters. The first-order chi connectivity index (χ1) is 14.2. The second-order valence-electron chi connectivity index (χ2n) is 7.16. The number of ether oxygens (including phenoxy) is 1. The normalized spacial score (nSPS) is 16.6. The minimum Gasteiger partial charge on any atom is -0.379 e. The van der Waals surface area contributed by atoms with Crippen LogP contribution in [0, 0.1) is 5.82 Å². The lowest BCUT2D eigenvalue weighted by molar-refractivity contribution is 0.0179. The molecule has 0 bridgehead atoms. The van der Waals surface area contributed by atoms with E-state index in [2.05, 4.69) is 46.6 Å². The van der Waals surface area contributed by atoms with E-state index in [1.807, 2.05) is 12.1 Å². The number of rotatable bonds is 8. The Hall–Kier alpha value is -1.96. The summed E-state index contributed by atoms with van der Waals surface area (Å²) >= 11 is 1.79. The third-order valence-corrected chi connectivity index (χ3v) is 6.06. The molecule has 7 heteroatoms. The highest BCUT2D eigenvalue weighted by molar-refractivity contribution is 7.09. The van der Waals surface area contributed by atoms with Gasteiger partial charge in [0, 0.05) is 38.1 Å². The van der Waals surface area contributed by atoms with Crippen LogP contribution in [0.1, 0.15) is 23.4 Å². The second kappa shape index (κ2) is 11.3. The number of nitrogens with one attached hydrogen (secondary N) is 1. The van der Waals surface area contributed by atoms with Crippen LogP contribution in [0.5, 0.6) is 0 Å². The van der Waals surface area contributed by atoms with Crippen molar-refractivity contribution in [1.29, 1.82) is 0 Å². The number of nitrogens with zero attached hydrogens (tertiary/aromatic N) is 3. The number of morpholine rings is 1. The first-order valence-corrected chi connectivity index (χ1v) is 11.1. The monoisotopic (exact) mass is 418 g/mol. The molecule has 0 spiro atoms. The molecule has 1 saturated heterocycles. The number of guanidine groups is 1. The zero-order valence-electron chi connectivity index (χ0n) is 17.3. The SMILES string of the molecule is CCNC(=NCC(c1ccc(F)cc1)N1CCOCC1)N(C)CCc1cccs1. The average Bonchev–Trinajstić information content (AvgIpc) is 3.27. The summed E-state index contributed by atoms with van der Waals surface area (Å²) in [7, 11) is 2.08. The summed E-state index contributed by atoms with van der Waals surface area (Å²) in [6.45, 7) is 7.61. The van der Waals surface area contributed by atoms with Crippen LogP contribution < -0.4 is 5.32 Å². The molecule has 1 N–H and O–H groups in total. The maximum atomic E-state index is 13.4. The van der Waals surface area contributed by atoms with Gasteiger partial charge in [0.25, 0.3) is 0 Å².